The second-order valence-corrected chi connectivity index (χ2v) is 4.52. The average Bonchev–Trinajstić information content (AvgIpc) is 2.25. The van der Waals surface area contributed by atoms with Crippen molar-refractivity contribution in [2.45, 2.75) is 47.1 Å². The van der Waals surface area contributed by atoms with Crippen molar-refractivity contribution in [2.24, 2.45) is 5.92 Å². The minimum atomic E-state index is 0.383. The molecule has 0 saturated heterocycles. The molecule has 0 aliphatic carbocycles. The third-order valence-corrected chi connectivity index (χ3v) is 2.79. The third-order valence-electron chi connectivity index (χ3n) is 2.79. The minimum absolute atomic E-state index is 0.383. The Morgan fingerprint density at radius 1 is 1.25 bits per heavy atom. The highest BCUT2D eigenvalue weighted by molar-refractivity contribution is 5.25. The van der Waals surface area contributed by atoms with Crippen LogP contribution >= 0.6 is 0 Å². The van der Waals surface area contributed by atoms with Crippen LogP contribution in [-0.4, -0.2) is 16.7 Å². The Kier molecular flexibility index (Phi) is 4.87. The minimum Gasteiger partial charge on any atom is -0.310 e. The molecule has 90 valence electrons. The molecule has 0 fully saturated rings. The molecule has 0 saturated carbocycles. The van der Waals surface area contributed by atoms with Crippen LogP contribution in [0.25, 0.3) is 0 Å². The summed E-state index contributed by atoms with van der Waals surface area (Å²) in [6, 6.07) is 2.55. The van der Waals surface area contributed by atoms with E-state index in [1.54, 1.807) is 0 Å². The van der Waals surface area contributed by atoms with Crippen molar-refractivity contribution >= 4 is 0 Å². The van der Waals surface area contributed by atoms with Gasteiger partial charge >= 0.3 is 0 Å². The van der Waals surface area contributed by atoms with Crippen LogP contribution in [-0.2, 0) is 6.42 Å². The van der Waals surface area contributed by atoms with Crippen molar-refractivity contribution in [2.75, 3.05) is 6.54 Å². The molecular weight excluding hydrogens is 198 g/mol. The zero-order chi connectivity index (χ0) is 12.1. The van der Waals surface area contributed by atoms with Crippen LogP contribution < -0.4 is 5.32 Å². The Morgan fingerprint density at radius 2 is 1.94 bits per heavy atom. The van der Waals surface area contributed by atoms with Crippen LogP contribution in [0.1, 0.15) is 50.7 Å². The standard InChI is InChI=1S/C13H23N3/c1-6-12-11(8-10(5)15-16-12)13(9(3)4)14-7-2/h8-9,13-14H,6-7H2,1-5H3. The molecule has 0 amide bonds. The van der Waals surface area contributed by atoms with Crippen molar-refractivity contribution < 1.29 is 0 Å². The molecule has 3 nitrogen and oxygen atoms in total. The van der Waals surface area contributed by atoms with Crippen molar-refractivity contribution in [3.8, 4) is 0 Å². The molecule has 16 heavy (non-hydrogen) atoms. The molecule has 0 bridgehead atoms. The van der Waals surface area contributed by atoms with Crippen LogP contribution in [0.15, 0.2) is 6.07 Å². The third kappa shape index (κ3) is 3.01. The highest BCUT2D eigenvalue weighted by Crippen LogP contribution is 2.24. The van der Waals surface area contributed by atoms with E-state index in [-0.39, 0.29) is 0 Å². The maximum atomic E-state index is 4.29. The fraction of sp³-hybridized carbons (Fsp3) is 0.692. The second kappa shape index (κ2) is 5.94. The molecule has 0 aliphatic rings. The van der Waals surface area contributed by atoms with Crippen molar-refractivity contribution in [3.63, 3.8) is 0 Å². The number of hydrogen-bond donors (Lipinski definition) is 1. The first-order chi connectivity index (χ1) is 7.60. The Labute approximate surface area is 98.7 Å². The maximum Gasteiger partial charge on any atom is 0.0676 e. The Hall–Kier alpha value is -0.960. The summed E-state index contributed by atoms with van der Waals surface area (Å²) in [5.41, 5.74) is 3.42. The molecule has 0 aromatic carbocycles. The fourth-order valence-electron chi connectivity index (χ4n) is 2.00. The predicted molar refractivity (Wildman–Crippen MR) is 67.4 cm³/mol. The van der Waals surface area contributed by atoms with Gasteiger partial charge in [0.15, 0.2) is 0 Å². The SMILES string of the molecule is CCNC(c1cc(C)nnc1CC)C(C)C. The summed E-state index contributed by atoms with van der Waals surface area (Å²) in [7, 11) is 0. The maximum absolute atomic E-state index is 4.29. The summed E-state index contributed by atoms with van der Waals surface area (Å²) in [5, 5.41) is 12.0. The van der Waals surface area contributed by atoms with Crippen LogP contribution in [0, 0.1) is 12.8 Å². The van der Waals surface area contributed by atoms with Gasteiger partial charge in [-0.15, -0.1) is 0 Å². The van der Waals surface area contributed by atoms with Crippen molar-refractivity contribution in [1.29, 1.82) is 0 Å². The Balaban J connectivity index is 3.10. The van der Waals surface area contributed by atoms with Crippen LogP contribution in [0.2, 0.25) is 0 Å². The highest BCUT2D eigenvalue weighted by Gasteiger charge is 2.18. The van der Waals surface area contributed by atoms with Gasteiger partial charge in [-0.1, -0.05) is 27.7 Å². The second-order valence-electron chi connectivity index (χ2n) is 4.52. The first-order valence-corrected chi connectivity index (χ1v) is 6.16. The summed E-state index contributed by atoms with van der Waals surface area (Å²) in [6.07, 6.45) is 0.942. The quantitative estimate of drug-likeness (QED) is 0.830. The number of aryl methyl sites for hydroxylation is 2. The lowest BCUT2D eigenvalue weighted by atomic mass is 9.94. The van der Waals surface area contributed by atoms with Gasteiger partial charge in [-0.3, -0.25) is 0 Å². The number of nitrogens with zero attached hydrogens (tertiary/aromatic N) is 2. The molecule has 1 heterocycles. The van der Waals surface area contributed by atoms with Gasteiger partial charge in [-0.05, 0) is 37.4 Å². The molecule has 1 aromatic rings. The van der Waals surface area contributed by atoms with Crippen LogP contribution in [0.4, 0.5) is 0 Å². The number of nitrogens with one attached hydrogen (secondary N) is 1. The van der Waals surface area contributed by atoms with Gasteiger partial charge in [0.05, 0.1) is 11.4 Å². The molecule has 1 atom stereocenters. The number of rotatable bonds is 5. The lowest BCUT2D eigenvalue weighted by molar-refractivity contribution is 0.416. The summed E-state index contributed by atoms with van der Waals surface area (Å²) in [4.78, 5) is 0. The average molecular weight is 221 g/mol. The largest absolute Gasteiger partial charge is 0.310 e. The summed E-state index contributed by atoms with van der Waals surface area (Å²) < 4.78 is 0. The van der Waals surface area contributed by atoms with Crippen molar-refractivity contribution in [3.05, 3.63) is 23.0 Å². The molecule has 1 aromatic heterocycles. The van der Waals surface area contributed by atoms with E-state index >= 15 is 0 Å². The van der Waals surface area contributed by atoms with E-state index in [9.17, 15) is 0 Å². The Morgan fingerprint density at radius 3 is 2.44 bits per heavy atom. The van der Waals surface area contributed by atoms with E-state index in [0.29, 0.717) is 12.0 Å². The molecule has 0 radical (unpaired) electrons. The van der Waals surface area contributed by atoms with Crippen LogP contribution in [0.5, 0.6) is 0 Å². The summed E-state index contributed by atoms with van der Waals surface area (Å²) in [5.74, 6) is 0.564. The topological polar surface area (TPSA) is 37.8 Å². The van der Waals surface area contributed by atoms with Gasteiger partial charge in [0.25, 0.3) is 0 Å². The zero-order valence-corrected chi connectivity index (χ0v) is 11.0. The van der Waals surface area contributed by atoms with E-state index in [1.807, 2.05) is 6.92 Å². The predicted octanol–water partition coefficient (Wildman–Crippen LogP) is 2.65. The fourth-order valence-corrected chi connectivity index (χ4v) is 2.00. The van der Waals surface area contributed by atoms with E-state index in [4.69, 9.17) is 0 Å². The molecule has 0 aliphatic heterocycles. The van der Waals surface area contributed by atoms with E-state index in [0.717, 1.165) is 24.4 Å². The van der Waals surface area contributed by atoms with Crippen molar-refractivity contribution in [1.82, 2.24) is 15.5 Å². The van der Waals surface area contributed by atoms with Gasteiger partial charge in [-0.2, -0.15) is 10.2 Å². The monoisotopic (exact) mass is 221 g/mol. The molecule has 1 rings (SSSR count). The molecule has 1 unspecified atom stereocenters. The lowest BCUT2D eigenvalue weighted by Crippen LogP contribution is -2.27. The number of hydrogen-bond acceptors (Lipinski definition) is 3. The zero-order valence-electron chi connectivity index (χ0n) is 11.0. The van der Waals surface area contributed by atoms with Gasteiger partial charge in [-0.25, -0.2) is 0 Å². The van der Waals surface area contributed by atoms with Gasteiger partial charge in [0.2, 0.25) is 0 Å². The van der Waals surface area contributed by atoms with E-state index in [2.05, 4.69) is 49.3 Å². The van der Waals surface area contributed by atoms with Crippen LogP contribution in [0.3, 0.4) is 0 Å². The van der Waals surface area contributed by atoms with Gasteiger partial charge in [0, 0.05) is 6.04 Å². The summed E-state index contributed by atoms with van der Waals surface area (Å²) in [6.45, 7) is 11.7. The van der Waals surface area contributed by atoms with Gasteiger partial charge in [0.1, 0.15) is 0 Å². The smallest absolute Gasteiger partial charge is 0.0676 e. The molecule has 0 spiro atoms. The first kappa shape index (κ1) is 13.1. The molecule has 1 N–H and O–H groups in total. The highest BCUT2D eigenvalue weighted by atomic mass is 15.1. The Bertz CT molecular complexity index is 334. The normalized spacial score (nSPS) is 13.1. The van der Waals surface area contributed by atoms with E-state index < -0.39 is 0 Å². The van der Waals surface area contributed by atoms with E-state index in [1.165, 1.54) is 5.56 Å². The first-order valence-electron chi connectivity index (χ1n) is 6.16. The van der Waals surface area contributed by atoms with Gasteiger partial charge < -0.3 is 5.32 Å². The molecule has 3 heteroatoms. The molecular formula is C13H23N3. The lowest BCUT2D eigenvalue weighted by Gasteiger charge is -2.24. The summed E-state index contributed by atoms with van der Waals surface area (Å²) >= 11 is 0. The number of aromatic nitrogens is 2.